The Labute approximate surface area is 123 Å². The van der Waals surface area contributed by atoms with Gasteiger partial charge in [-0.05, 0) is 64.6 Å². The first-order valence-corrected chi connectivity index (χ1v) is 7.86. The molecule has 2 aliphatic rings. The Balaban J connectivity index is 1.87. The lowest BCUT2D eigenvalue weighted by Gasteiger charge is -2.36. The summed E-state index contributed by atoms with van der Waals surface area (Å²) in [5, 5.41) is 3.05. The van der Waals surface area contributed by atoms with E-state index < -0.39 is 0 Å². The van der Waals surface area contributed by atoms with E-state index in [1.807, 2.05) is 12.1 Å². The van der Waals surface area contributed by atoms with Crippen LogP contribution in [0.2, 0.25) is 0 Å². The summed E-state index contributed by atoms with van der Waals surface area (Å²) in [5.41, 5.74) is 2.62. The highest BCUT2D eigenvalue weighted by atomic mass is 79.9. The first-order valence-electron chi connectivity index (χ1n) is 7.07. The fourth-order valence-electron chi connectivity index (χ4n) is 3.50. The highest BCUT2D eigenvalue weighted by Crippen LogP contribution is 2.48. The Bertz CT molecular complexity index is 513. The van der Waals surface area contributed by atoms with Crippen molar-refractivity contribution in [2.75, 3.05) is 5.32 Å². The van der Waals surface area contributed by atoms with Crippen LogP contribution in [0, 0.1) is 11.3 Å². The molecule has 2 nitrogen and oxygen atoms in total. The van der Waals surface area contributed by atoms with E-state index in [0.29, 0.717) is 11.3 Å². The van der Waals surface area contributed by atoms with Gasteiger partial charge in [-0.15, -0.1) is 0 Å². The molecule has 1 aromatic rings. The van der Waals surface area contributed by atoms with Crippen LogP contribution in [-0.2, 0) is 4.79 Å². The van der Waals surface area contributed by atoms with Gasteiger partial charge in [0, 0.05) is 4.47 Å². The number of rotatable bonds is 1. The number of para-hydroxylation sites is 1. The predicted molar refractivity (Wildman–Crippen MR) is 81.3 cm³/mol. The molecule has 3 rings (SSSR count). The summed E-state index contributed by atoms with van der Waals surface area (Å²) in [6.45, 7) is 4.67. The Kier molecular flexibility index (Phi) is 3.20. The summed E-state index contributed by atoms with van der Waals surface area (Å²) in [7, 11) is 0. The van der Waals surface area contributed by atoms with Crippen LogP contribution in [0.1, 0.15) is 51.0 Å². The summed E-state index contributed by atoms with van der Waals surface area (Å²) in [6.07, 6.45) is 4.78. The van der Waals surface area contributed by atoms with Crippen molar-refractivity contribution in [2.45, 2.75) is 45.4 Å². The van der Waals surface area contributed by atoms with Gasteiger partial charge in [-0.25, -0.2) is 0 Å². The number of nitrogens with one attached hydrogen (secondary N) is 1. The molecule has 0 aromatic heterocycles. The van der Waals surface area contributed by atoms with Gasteiger partial charge in [-0.3, -0.25) is 4.79 Å². The largest absolute Gasteiger partial charge is 0.324 e. The SMILES string of the molecule is CC1(C)CCC(C2C(=O)Nc3c(Br)cccc32)CC1. The summed E-state index contributed by atoms with van der Waals surface area (Å²) in [4.78, 5) is 12.3. The van der Waals surface area contributed by atoms with Crippen molar-refractivity contribution in [3.05, 3.63) is 28.2 Å². The zero-order chi connectivity index (χ0) is 13.6. The number of carbonyl (C=O) groups is 1. The third-order valence-corrected chi connectivity index (χ3v) is 5.43. The molecule has 0 bridgehead atoms. The normalized spacial score (nSPS) is 26.1. The van der Waals surface area contributed by atoms with Crippen molar-refractivity contribution in [1.82, 2.24) is 0 Å². The van der Waals surface area contributed by atoms with Crippen LogP contribution in [0.5, 0.6) is 0 Å². The van der Waals surface area contributed by atoms with Gasteiger partial charge in [0.15, 0.2) is 0 Å². The first kappa shape index (κ1) is 13.2. The van der Waals surface area contributed by atoms with Gasteiger partial charge in [0.25, 0.3) is 0 Å². The molecule has 19 heavy (non-hydrogen) atoms. The molecule has 1 aliphatic heterocycles. The van der Waals surface area contributed by atoms with Crippen molar-refractivity contribution in [3.63, 3.8) is 0 Å². The monoisotopic (exact) mass is 321 g/mol. The maximum absolute atomic E-state index is 12.3. The molecule has 3 heteroatoms. The lowest BCUT2D eigenvalue weighted by atomic mass is 9.68. The highest BCUT2D eigenvalue weighted by Gasteiger charge is 2.40. The maximum atomic E-state index is 12.3. The van der Waals surface area contributed by atoms with Crippen LogP contribution in [0.4, 0.5) is 5.69 Å². The van der Waals surface area contributed by atoms with Gasteiger partial charge in [-0.1, -0.05) is 26.0 Å². The molecule has 102 valence electrons. The Morgan fingerprint density at radius 1 is 1.26 bits per heavy atom. The molecule has 1 N–H and O–H groups in total. The smallest absolute Gasteiger partial charge is 0.232 e. The molecule has 0 saturated heterocycles. The topological polar surface area (TPSA) is 29.1 Å². The summed E-state index contributed by atoms with van der Waals surface area (Å²) >= 11 is 3.53. The highest BCUT2D eigenvalue weighted by molar-refractivity contribution is 9.10. The third-order valence-electron chi connectivity index (χ3n) is 4.77. The second kappa shape index (κ2) is 4.62. The zero-order valence-corrected chi connectivity index (χ0v) is 13.1. The molecule has 1 amide bonds. The standard InChI is InChI=1S/C16H20BrNO/c1-16(2)8-6-10(7-9-16)13-11-4-3-5-12(17)14(11)18-15(13)19/h3-5,10,13H,6-9H2,1-2H3,(H,18,19). The molecule has 1 atom stereocenters. The lowest BCUT2D eigenvalue weighted by molar-refractivity contribution is -0.118. The van der Waals surface area contributed by atoms with Crippen LogP contribution in [0.25, 0.3) is 0 Å². The lowest BCUT2D eigenvalue weighted by Crippen LogP contribution is -2.28. The number of benzene rings is 1. The number of fused-ring (bicyclic) bond motifs is 1. The fraction of sp³-hybridized carbons (Fsp3) is 0.562. The Morgan fingerprint density at radius 3 is 2.63 bits per heavy atom. The van der Waals surface area contributed by atoms with Crippen LogP contribution in [0.15, 0.2) is 22.7 Å². The number of halogens is 1. The van der Waals surface area contributed by atoms with Gasteiger partial charge in [-0.2, -0.15) is 0 Å². The molecule has 1 fully saturated rings. The molecule has 1 saturated carbocycles. The van der Waals surface area contributed by atoms with Crippen molar-refractivity contribution >= 4 is 27.5 Å². The van der Waals surface area contributed by atoms with E-state index in [4.69, 9.17) is 0 Å². The maximum Gasteiger partial charge on any atom is 0.232 e. The van der Waals surface area contributed by atoms with Crippen molar-refractivity contribution in [2.24, 2.45) is 11.3 Å². The van der Waals surface area contributed by atoms with Crippen LogP contribution < -0.4 is 5.32 Å². The molecule has 1 aromatic carbocycles. The number of anilines is 1. The van der Waals surface area contributed by atoms with Gasteiger partial charge in [0.05, 0.1) is 11.6 Å². The van der Waals surface area contributed by atoms with E-state index in [0.717, 1.165) is 23.0 Å². The van der Waals surface area contributed by atoms with E-state index in [2.05, 4.69) is 41.2 Å². The van der Waals surface area contributed by atoms with E-state index in [1.165, 1.54) is 18.4 Å². The molecule has 1 aliphatic carbocycles. The minimum absolute atomic E-state index is 0.0589. The van der Waals surface area contributed by atoms with Gasteiger partial charge in [0.1, 0.15) is 0 Å². The average Bonchev–Trinajstić information content (AvgIpc) is 2.68. The second-order valence-corrected chi connectivity index (χ2v) is 7.53. The van der Waals surface area contributed by atoms with E-state index in [1.54, 1.807) is 0 Å². The third kappa shape index (κ3) is 2.33. The van der Waals surface area contributed by atoms with E-state index in [-0.39, 0.29) is 11.8 Å². The number of hydrogen-bond acceptors (Lipinski definition) is 1. The van der Waals surface area contributed by atoms with Crippen molar-refractivity contribution < 1.29 is 4.79 Å². The predicted octanol–water partition coefficient (Wildman–Crippen LogP) is 4.70. The molecule has 0 spiro atoms. The van der Waals surface area contributed by atoms with E-state index in [9.17, 15) is 4.79 Å². The molecule has 1 unspecified atom stereocenters. The minimum atomic E-state index is 0.0589. The fourth-order valence-corrected chi connectivity index (χ4v) is 3.98. The van der Waals surface area contributed by atoms with Crippen molar-refractivity contribution in [1.29, 1.82) is 0 Å². The van der Waals surface area contributed by atoms with E-state index >= 15 is 0 Å². The summed E-state index contributed by atoms with van der Waals surface area (Å²) in [5.74, 6) is 0.749. The van der Waals surface area contributed by atoms with Crippen molar-refractivity contribution in [3.8, 4) is 0 Å². The number of amides is 1. The summed E-state index contributed by atoms with van der Waals surface area (Å²) in [6, 6.07) is 6.12. The van der Waals surface area contributed by atoms with Gasteiger partial charge in [0.2, 0.25) is 5.91 Å². The number of hydrogen-bond donors (Lipinski definition) is 1. The minimum Gasteiger partial charge on any atom is -0.324 e. The Morgan fingerprint density at radius 2 is 1.95 bits per heavy atom. The first-order chi connectivity index (χ1) is 8.98. The van der Waals surface area contributed by atoms with Crippen LogP contribution in [-0.4, -0.2) is 5.91 Å². The van der Waals surface area contributed by atoms with Crippen LogP contribution >= 0.6 is 15.9 Å². The van der Waals surface area contributed by atoms with Gasteiger partial charge < -0.3 is 5.32 Å². The molecular weight excluding hydrogens is 302 g/mol. The average molecular weight is 322 g/mol. The zero-order valence-electron chi connectivity index (χ0n) is 11.5. The van der Waals surface area contributed by atoms with Gasteiger partial charge >= 0.3 is 0 Å². The quantitative estimate of drug-likeness (QED) is 0.798. The molecular formula is C16H20BrNO. The molecule has 0 radical (unpaired) electrons. The summed E-state index contributed by atoms with van der Waals surface area (Å²) < 4.78 is 0.997. The number of carbonyl (C=O) groups excluding carboxylic acids is 1. The Hall–Kier alpha value is -0.830. The molecule has 1 heterocycles. The van der Waals surface area contributed by atoms with Crippen LogP contribution in [0.3, 0.4) is 0 Å². The second-order valence-electron chi connectivity index (χ2n) is 6.67.